The molecule has 0 amide bonds. The molecule has 1 aromatic heterocycles. The zero-order valence-electron chi connectivity index (χ0n) is 10.1. The first-order chi connectivity index (χ1) is 8.27. The second-order valence-electron chi connectivity index (χ2n) is 5.06. The first-order valence-electron chi connectivity index (χ1n) is 6.13. The second kappa shape index (κ2) is 4.09. The van der Waals surface area contributed by atoms with Crippen molar-refractivity contribution in [1.29, 1.82) is 0 Å². The molecule has 1 aliphatic rings. The molecule has 2 aromatic rings. The van der Waals surface area contributed by atoms with Crippen molar-refractivity contribution in [2.75, 3.05) is 13.6 Å². The summed E-state index contributed by atoms with van der Waals surface area (Å²) in [5.74, 6) is 0. The third kappa shape index (κ3) is 1.79. The highest BCUT2D eigenvalue weighted by atomic mass is 32.1. The lowest BCUT2D eigenvalue weighted by atomic mass is 9.90. The molecule has 1 saturated carbocycles. The Labute approximate surface area is 106 Å². The Kier molecular flexibility index (Phi) is 2.69. The average molecular weight is 246 g/mol. The summed E-state index contributed by atoms with van der Waals surface area (Å²) in [7, 11) is 2.01. The van der Waals surface area contributed by atoms with Crippen LogP contribution in [0.3, 0.4) is 0 Å². The molecule has 1 aliphatic carbocycles. The van der Waals surface area contributed by atoms with Crippen LogP contribution in [0.15, 0.2) is 29.6 Å². The molecule has 90 valence electrons. The average Bonchev–Trinajstić information content (AvgIpc) is 3.01. The zero-order chi connectivity index (χ0) is 11.9. The molecule has 0 radical (unpaired) electrons. The summed E-state index contributed by atoms with van der Waals surface area (Å²) in [5.41, 5.74) is 8.13. The Morgan fingerprint density at radius 3 is 2.88 bits per heavy atom. The molecule has 1 fully saturated rings. The van der Waals surface area contributed by atoms with Crippen LogP contribution >= 0.6 is 11.3 Å². The van der Waals surface area contributed by atoms with E-state index in [0.717, 1.165) is 6.54 Å². The van der Waals surface area contributed by atoms with Crippen molar-refractivity contribution < 1.29 is 0 Å². The van der Waals surface area contributed by atoms with Gasteiger partial charge in [-0.15, -0.1) is 11.3 Å². The zero-order valence-corrected chi connectivity index (χ0v) is 10.9. The number of nitrogens with one attached hydrogen (secondary N) is 1. The number of rotatable bonds is 4. The lowest BCUT2D eigenvalue weighted by molar-refractivity contribution is 0.395. The van der Waals surface area contributed by atoms with Gasteiger partial charge in [-0.25, -0.2) is 0 Å². The van der Waals surface area contributed by atoms with Crippen molar-refractivity contribution in [2.24, 2.45) is 11.1 Å². The van der Waals surface area contributed by atoms with E-state index >= 15 is 0 Å². The molecule has 0 spiro atoms. The molecule has 0 saturated heterocycles. The van der Waals surface area contributed by atoms with Gasteiger partial charge in [-0.3, -0.25) is 0 Å². The fraction of sp³-hybridized carbons (Fsp3) is 0.429. The summed E-state index contributed by atoms with van der Waals surface area (Å²) in [6.45, 7) is 1.03. The third-order valence-corrected chi connectivity index (χ3v) is 4.91. The number of benzene rings is 1. The van der Waals surface area contributed by atoms with Crippen molar-refractivity contribution in [3.05, 3.63) is 35.2 Å². The highest BCUT2D eigenvalue weighted by Crippen LogP contribution is 2.54. The van der Waals surface area contributed by atoms with Crippen molar-refractivity contribution in [1.82, 2.24) is 5.32 Å². The predicted octanol–water partition coefficient (Wildman–Crippen LogP) is 2.90. The highest BCUT2D eigenvalue weighted by Gasteiger charge is 2.48. The van der Waals surface area contributed by atoms with E-state index in [4.69, 9.17) is 5.73 Å². The van der Waals surface area contributed by atoms with Crippen LogP contribution in [0.5, 0.6) is 0 Å². The molecule has 17 heavy (non-hydrogen) atoms. The van der Waals surface area contributed by atoms with E-state index in [-0.39, 0.29) is 6.04 Å². The summed E-state index contributed by atoms with van der Waals surface area (Å²) in [6.07, 6.45) is 2.50. The number of nitrogens with two attached hydrogens (primary N) is 1. The summed E-state index contributed by atoms with van der Waals surface area (Å²) in [5, 5.41) is 6.87. The van der Waals surface area contributed by atoms with Gasteiger partial charge in [0.1, 0.15) is 0 Å². The standard InChI is InChI=1S/C14H18N2S/c1-16-9-14(6-7-14)13(15)11-8-17-12-5-3-2-4-10(11)12/h2-5,8,13,16H,6-7,9,15H2,1H3. The van der Waals surface area contributed by atoms with E-state index in [1.807, 2.05) is 7.05 Å². The van der Waals surface area contributed by atoms with Crippen molar-refractivity contribution >= 4 is 21.4 Å². The van der Waals surface area contributed by atoms with E-state index in [2.05, 4.69) is 35.0 Å². The number of fused-ring (bicyclic) bond motifs is 1. The fourth-order valence-corrected chi connectivity index (χ4v) is 3.68. The molecule has 0 bridgehead atoms. The van der Waals surface area contributed by atoms with Crippen LogP contribution in [0, 0.1) is 5.41 Å². The van der Waals surface area contributed by atoms with Crippen molar-refractivity contribution in [3.8, 4) is 0 Å². The molecule has 2 nitrogen and oxygen atoms in total. The lowest BCUT2D eigenvalue weighted by Gasteiger charge is -2.22. The number of thiophene rings is 1. The molecular formula is C14H18N2S. The normalized spacial score (nSPS) is 19.4. The fourth-order valence-electron chi connectivity index (χ4n) is 2.68. The van der Waals surface area contributed by atoms with E-state index in [1.54, 1.807) is 11.3 Å². The largest absolute Gasteiger partial charge is 0.323 e. The minimum atomic E-state index is 0.172. The first-order valence-corrected chi connectivity index (χ1v) is 7.01. The van der Waals surface area contributed by atoms with Crippen LogP contribution in [0.25, 0.3) is 10.1 Å². The van der Waals surface area contributed by atoms with Crippen molar-refractivity contribution in [2.45, 2.75) is 18.9 Å². The quantitative estimate of drug-likeness (QED) is 0.870. The van der Waals surface area contributed by atoms with Gasteiger partial charge in [0.25, 0.3) is 0 Å². The maximum atomic E-state index is 6.50. The highest BCUT2D eigenvalue weighted by molar-refractivity contribution is 7.17. The summed E-state index contributed by atoms with van der Waals surface area (Å²) >= 11 is 1.80. The minimum Gasteiger partial charge on any atom is -0.323 e. The number of hydrogen-bond acceptors (Lipinski definition) is 3. The topological polar surface area (TPSA) is 38.0 Å². The molecule has 3 heteroatoms. The molecular weight excluding hydrogens is 228 g/mol. The Bertz CT molecular complexity index is 528. The summed E-state index contributed by atoms with van der Waals surface area (Å²) in [4.78, 5) is 0. The van der Waals surface area contributed by atoms with Gasteiger partial charge < -0.3 is 11.1 Å². The Balaban J connectivity index is 1.98. The van der Waals surface area contributed by atoms with Gasteiger partial charge in [-0.05, 0) is 42.3 Å². The molecule has 0 aliphatic heterocycles. The first kappa shape index (κ1) is 11.2. The predicted molar refractivity (Wildman–Crippen MR) is 74.3 cm³/mol. The van der Waals surface area contributed by atoms with Gasteiger partial charge in [0.2, 0.25) is 0 Å². The summed E-state index contributed by atoms with van der Waals surface area (Å²) < 4.78 is 1.35. The maximum Gasteiger partial charge on any atom is 0.0378 e. The molecule has 3 N–H and O–H groups in total. The van der Waals surface area contributed by atoms with Gasteiger partial charge in [0, 0.05) is 22.7 Å². The van der Waals surface area contributed by atoms with Gasteiger partial charge in [-0.1, -0.05) is 18.2 Å². The minimum absolute atomic E-state index is 0.172. The van der Waals surface area contributed by atoms with Crippen LogP contribution in [-0.2, 0) is 0 Å². The van der Waals surface area contributed by atoms with E-state index in [0.29, 0.717) is 5.41 Å². The SMILES string of the molecule is CNCC1(C(N)c2csc3ccccc23)CC1. The Morgan fingerprint density at radius 1 is 1.41 bits per heavy atom. The maximum absolute atomic E-state index is 6.50. The Morgan fingerprint density at radius 2 is 2.18 bits per heavy atom. The van der Waals surface area contributed by atoms with Crippen LogP contribution < -0.4 is 11.1 Å². The van der Waals surface area contributed by atoms with Crippen LogP contribution in [0.2, 0.25) is 0 Å². The molecule has 3 rings (SSSR count). The monoisotopic (exact) mass is 246 g/mol. The van der Waals surface area contributed by atoms with Crippen LogP contribution in [0.4, 0.5) is 0 Å². The second-order valence-corrected chi connectivity index (χ2v) is 5.97. The molecule has 1 aromatic carbocycles. The van der Waals surface area contributed by atoms with Crippen LogP contribution in [0.1, 0.15) is 24.4 Å². The Hall–Kier alpha value is -0.900. The third-order valence-electron chi connectivity index (χ3n) is 3.93. The molecule has 1 atom stereocenters. The van der Waals surface area contributed by atoms with E-state index in [9.17, 15) is 0 Å². The lowest BCUT2D eigenvalue weighted by Crippen LogP contribution is -2.31. The van der Waals surface area contributed by atoms with Gasteiger partial charge in [0.15, 0.2) is 0 Å². The number of hydrogen-bond donors (Lipinski definition) is 2. The van der Waals surface area contributed by atoms with E-state index in [1.165, 1.54) is 28.5 Å². The van der Waals surface area contributed by atoms with Crippen LogP contribution in [-0.4, -0.2) is 13.6 Å². The van der Waals surface area contributed by atoms with Gasteiger partial charge in [-0.2, -0.15) is 0 Å². The van der Waals surface area contributed by atoms with E-state index < -0.39 is 0 Å². The van der Waals surface area contributed by atoms with Crippen molar-refractivity contribution in [3.63, 3.8) is 0 Å². The molecule has 1 heterocycles. The van der Waals surface area contributed by atoms with Gasteiger partial charge >= 0.3 is 0 Å². The van der Waals surface area contributed by atoms with Gasteiger partial charge in [0.05, 0.1) is 0 Å². The summed E-state index contributed by atoms with van der Waals surface area (Å²) in [6, 6.07) is 8.73. The molecule has 1 unspecified atom stereocenters. The smallest absolute Gasteiger partial charge is 0.0378 e.